The second-order valence-corrected chi connectivity index (χ2v) is 13.2. The van der Waals surface area contributed by atoms with Crippen LogP contribution in [-0.4, -0.2) is 63.6 Å². The van der Waals surface area contributed by atoms with Crippen molar-refractivity contribution in [3.8, 4) is 0 Å². The Kier molecular flexibility index (Phi) is 6.72. The largest absolute Gasteiger partial charge is 0.478 e. The highest BCUT2D eigenvalue weighted by Crippen LogP contribution is 2.56. The van der Waals surface area contributed by atoms with E-state index in [9.17, 15) is 19.1 Å². The van der Waals surface area contributed by atoms with E-state index in [4.69, 9.17) is 16.6 Å². The van der Waals surface area contributed by atoms with Crippen molar-refractivity contribution in [1.29, 1.82) is 0 Å². The zero-order chi connectivity index (χ0) is 30.1. The van der Waals surface area contributed by atoms with E-state index in [2.05, 4.69) is 21.7 Å². The van der Waals surface area contributed by atoms with E-state index in [-0.39, 0.29) is 21.9 Å². The van der Waals surface area contributed by atoms with Crippen LogP contribution in [0.2, 0.25) is 5.02 Å². The van der Waals surface area contributed by atoms with Gasteiger partial charge in [0.05, 0.1) is 33.2 Å². The average Bonchev–Trinajstić information content (AvgIpc) is 3.23. The van der Waals surface area contributed by atoms with Gasteiger partial charge < -0.3 is 19.8 Å². The molecule has 4 heterocycles. The molecule has 0 bridgehead atoms. The van der Waals surface area contributed by atoms with Crippen LogP contribution in [-0.2, 0) is 5.41 Å². The number of benzene rings is 1. The minimum Gasteiger partial charge on any atom is -0.478 e. The molecule has 3 aliphatic rings. The number of carboxylic acids is 1. The average molecular weight is 592 g/mol. The summed E-state index contributed by atoms with van der Waals surface area (Å²) in [7, 11) is 0. The Morgan fingerprint density at radius 2 is 1.79 bits per heavy atom. The topological polar surface area (TPSA) is 89.9 Å². The highest BCUT2D eigenvalue weighted by molar-refractivity contribution is 6.30. The van der Waals surface area contributed by atoms with Crippen LogP contribution in [0.1, 0.15) is 71.4 Å². The van der Waals surface area contributed by atoms with Gasteiger partial charge in [-0.3, -0.25) is 4.79 Å². The smallest absolute Gasteiger partial charge is 0.337 e. The van der Waals surface area contributed by atoms with Crippen molar-refractivity contribution in [3.05, 3.63) is 75.4 Å². The number of rotatable bonds is 4. The van der Waals surface area contributed by atoms with E-state index in [1.54, 1.807) is 26.0 Å². The molecule has 1 N–H and O–H groups in total. The van der Waals surface area contributed by atoms with Crippen LogP contribution in [0.3, 0.4) is 0 Å². The molecule has 2 aliphatic heterocycles. The van der Waals surface area contributed by atoms with Crippen LogP contribution < -0.4 is 9.80 Å². The standard InChI is InChI=1S/C32H35ClFN5O3/c1-18-14-32(15-18)17-38(21-6-7-22(33)23(34)13-21)25-9-8-24(36-28(25)32)29(40)39-11-10-37(16-31(39,4)5)26-12-19(2)27(30(41)42)20(3)35-26/h6-9,12-13,18H,10-11,14-17H2,1-5H3,(H,41,42). The third-order valence-corrected chi connectivity index (χ3v) is 9.42. The molecule has 1 amide bonds. The predicted molar refractivity (Wildman–Crippen MR) is 161 cm³/mol. The molecule has 0 atom stereocenters. The summed E-state index contributed by atoms with van der Waals surface area (Å²) in [6.45, 7) is 12.0. The van der Waals surface area contributed by atoms with Crippen LogP contribution in [0.15, 0.2) is 36.4 Å². The number of aromatic nitrogens is 2. The van der Waals surface area contributed by atoms with Gasteiger partial charge in [0, 0.05) is 37.3 Å². The molecule has 8 nitrogen and oxygen atoms in total. The lowest BCUT2D eigenvalue weighted by Gasteiger charge is -2.47. The van der Waals surface area contributed by atoms with Gasteiger partial charge in [-0.1, -0.05) is 18.5 Å². The summed E-state index contributed by atoms with van der Waals surface area (Å²) in [4.78, 5) is 41.3. The van der Waals surface area contributed by atoms with Gasteiger partial charge in [0.2, 0.25) is 0 Å². The maximum absolute atomic E-state index is 14.4. The first-order valence-electron chi connectivity index (χ1n) is 14.3. The molecule has 2 aromatic heterocycles. The van der Waals surface area contributed by atoms with E-state index in [0.29, 0.717) is 54.9 Å². The molecule has 10 heteroatoms. The van der Waals surface area contributed by atoms with Crippen LogP contribution in [0.5, 0.6) is 0 Å². The molecule has 1 saturated carbocycles. The van der Waals surface area contributed by atoms with Gasteiger partial charge in [-0.2, -0.15) is 0 Å². The summed E-state index contributed by atoms with van der Waals surface area (Å²) in [5.41, 5.74) is 3.63. The number of aromatic carboxylic acids is 1. The molecule has 2 fully saturated rings. The zero-order valence-corrected chi connectivity index (χ0v) is 25.3. The van der Waals surface area contributed by atoms with Crippen molar-refractivity contribution in [3.63, 3.8) is 0 Å². The molecule has 1 aliphatic carbocycles. The minimum absolute atomic E-state index is 0.0882. The molecule has 1 spiro atoms. The summed E-state index contributed by atoms with van der Waals surface area (Å²) < 4.78 is 14.4. The maximum atomic E-state index is 14.4. The van der Waals surface area contributed by atoms with E-state index in [1.807, 2.05) is 36.9 Å². The van der Waals surface area contributed by atoms with Gasteiger partial charge in [0.1, 0.15) is 17.3 Å². The number of carbonyl (C=O) groups is 2. The Labute approximate surface area is 250 Å². The number of piperazine rings is 1. The summed E-state index contributed by atoms with van der Waals surface area (Å²) in [6.07, 6.45) is 1.93. The van der Waals surface area contributed by atoms with E-state index in [0.717, 1.165) is 29.9 Å². The van der Waals surface area contributed by atoms with Gasteiger partial charge in [-0.15, -0.1) is 0 Å². The van der Waals surface area contributed by atoms with Crippen LogP contribution in [0.25, 0.3) is 0 Å². The second kappa shape index (κ2) is 9.93. The normalized spacial score (nSPS) is 22.7. The van der Waals surface area contributed by atoms with Gasteiger partial charge >= 0.3 is 5.97 Å². The fourth-order valence-electron chi connectivity index (χ4n) is 7.28. The number of aryl methyl sites for hydroxylation is 2. The van der Waals surface area contributed by atoms with Gasteiger partial charge in [0.25, 0.3) is 5.91 Å². The lowest BCUT2D eigenvalue weighted by atomic mass is 9.61. The summed E-state index contributed by atoms with van der Waals surface area (Å²) in [5, 5.41) is 9.61. The van der Waals surface area contributed by atoms with Crippen molar-refractivity contribution in [2.75, 3.05) is 36.0 Å². The second-order valence-electron chi connectivity index (χ2n) is 12.8. The van der Waals surface area contributed by atoms with Crippen molar-refractivity contribution in [2.24, 2.45) is 5.92 Å². The Morgan fingerprint density at radius 3 is 2.40 bits per heavy atom. The Balaban J connectivity index is 1.27. The number of pyridine rings is 2. The number of carboxylic acid groups (broad SMARTS) is 1. The van der Waals surface area contributed by atoms with Crippen LogP contribution in [0.4, 0.5) is 21.6 Å². The predicted octanol–water partition coefficient (Wildman–Crippen LogP) is 6.14. The summed E-state index contributed by atoms with van der Waals surface area (Å²) in [5.74, 6) is -0.298. The quantitative estimate of drug-likeness (QED) is 0.389. The van der Waals surface area contributed by atoms with Crippen molar-refractivity contribution in [2.45, 2.75) is 58.4 Å². The molecule has 0 radical (unpaired) electrons. The summed E-state index contributed by atoms with van der Waals surface area (Å²) in [6, 6.07) is 10.4. The molecule has 1 aromatic carbocycles. The van der Waals surface area contributed by atoms with Crippen LogP contribution >= 0.6 is 11.6 Å². The number of amides is 1. The highest BCUT2D eigenvalue weighted by Gasteiger charge is 2.52. The van der Waals surface area contributed by atoms with Crippen LogP contribution in [0, 0.1) is 25.6 Å². The first-order chi connectivity index (χ1) is 19.8. The maximum Gasteiger partial charge on any atom is 0.337 e. The van der Waals surface area contributed by atoms with E-state index in [1.165, 1.54) is 6.07 Å². The number of carbonyl (C=O) groups excluding carboxylic acids is 1. The number of nitrogens with zero attached hydrogens (tertiary/aromatic N) is 5. The Hall–Kier alpha value is -3.72. The van der Waals surface area contributed by atoms with Crippen molar-refractivity contribution >= 4 is 40.7 Å². The monoisotopic (exact) mass is 591 g/mol. The SMILES string of the molecule is Cc1cc(N2CCN(C(=O)c3ccc4c(n3)C3(CC(C)C3)CN4c3ccc(Cl)c(F)c3)C(C)(C)C2)nc(C)c1C(=O)O. The number of hydrogen-bond donors (Lipinski definition) is 1. The van der Waals surface area contributed by atoms with Gasteiger partial charge in [-0.05, 0) is 88.4 Å². The number of fused-ring (bicyclic) bond motifs is 2. The molecule has 3 aromatic rings. The lowest BCUT2D eigenvalue weighted by Crippen LogP contribution is -2.61. The number of anilines is 3. The van der Waals surface area contributed by atoms with Crippen molar-refractivity contribution < 1.29 is 19.1 Å². The van der Waals surface area contributed by atoms with Crippen molar-refractivity contribution in [1.82, 2.24) is 14.9 Å². The number of hydrogen-bond acceptors (Lipinski definition) is 6. The van der Waals surface area contributed by atoms with Gasteiger partial charge in [-0.25, -0.2) is 19.2 Å². The Morgan fingerprint density at radius 1 is 1.05 bits per heavy atom. The third kappa shape index (κ3) is 4.58. The first-order valence-corrected chi connectivity index (χ1v) is 14.7. The molecule has 6 rings (SSSR count). The minimum atomic E-state index is -0.983. The number of halogens is 2. The fraction of sp³-hybridized carbons (Fsp3) is 0.438. The summed E-state index contributed by atoms with van der Waals surface area (Å²) >= 11 is 5.95. The van der Waals surface area contributed by atoms with E-state index < -0.39 is 17.3 Å². The fourth-order valence-corrected chi connectivity index (χ4v) is 7.40. The molecule has 0 unspecified atom stereocenters. The first kappa shape index (κ1) is 28.4. The van der Waals surface area contributed by atoms with Gasteiger partial charge in [0.15, 0.2) is 0 Å². The third-order valence-electron chi connectivity index (χ3n) is 9.11. The highest BCUT2D eigenvalue weighted by atomic mass is 35.5. The molecular formula is C32H35ClFN5O3. The molecule has 220 valence electrons. The van der Waals surface area contributed by atoms with E-state index >= 15 is 0 Å². The Bertz CT molecular complexity index is 1600. The molecule has 42 heavy (non-hydrogen) atoms. The molecule has 1 saturated heterocycles. The molecular weight excluding hydrogens is 557 g/mol. The zero-order valence-electron chi connectivity index (χ0n) is 24.5. The lowest BCUT2D eigenvalue weighted by molar-refractivity contribution is 0.0505.